The molecular formula is C18H23BrN4O. The number of aryl methyl sites for hydroxylation is 2. The minimum atomic E-state index is -0.159. The molecule has 1 aromatic carbocycles. The minimum Gasteiger partial charge on any atom is -0.321 e. The lowest BCUT2D eigenvalue weighted by molar-refractivity contribution is 0.101. The van der Waals surface area contributed by atoms with Gasteiger partial charge in [0.15, 0.2) is 0 Å². The fourth-order valence-corrected chi connectivity index (χ4v) is 3.65. The number of piperidine rings is 1. The van der Waals surface area contributed by atoms with Crippen LogP contribution in [0, 0.1) is 6.92 Å². The SMILES string of the molecule is Cc1nn(C)c(C(=O)Nc2ccc(CN3CCCCC3)cc2)c1Br. The molecule has 1 aromatic heterocycles. The number of hydrogen-bond donors (Lipinski definition) is 1. The number of aromatic nitrogens is 2. The number of anilines is 1. The zero-order valence-corrected chi connectivity index (χ0v) is 15.8. The number of amides is 1. The number of halogens is 1. The number of likely N-dealkylation sites (tertiary alicyclic amines) is 1. The van der Waals surface area contributed by atoms with E-state index in [-0.39, 0.29) is 5.91 Å². The molecule has 3 rings (SSSR count). The first kappa shape index (κ1) is 17.2. The molecule has 0 unspecified atom stereocenters. The third-order valence-electron chi connectivity index (χ3n) is 4.43. The van der Waals surface area contributed by atoms with Crippen LogP contribution in [0.5, 0.6) is 0 Å². The van der Waals surface area contributed by atoms with Crippen molar-refractivity contribution in [2.24, 2.45) is 7.05 Å². The second-order valence-electron chi connectivity index (χ2n) is 6.36. The lowest BCUT2D eigenvalue weighted by Crippen LogP contribution is -2.29. The van der Waals surface area contributed by atoms with Crippen LogP contribution >= 0.6 is 15.9 Å². The van der Waals surface area contributed by atoms with Crippen LogP contribution < -0.4 is 5.32 Å². The molecule has 5 nitrogen and oxygen atoms in total. The van der Waals surface area contributed by atoms with E-state index in [4.69, 9.17) is 0 Å². The smallest absolute Gasteiger partial charge is 0.275 e. The average Bonchev–Trinajstić information content (AvgIpc) is 2.83. The van der Waals surface area contributed by atoms with Crippen molar-refractivity contribution in [3.8, 4) is 0 Å². The zero-order chi connectivity index (χ0) is 17.1. The minimum absolute atomic E-state index is 0.159. The summed E-state index contributed by atoms with van der Waals surface area (Å²) in [5.74, 6) is -0.159. The highest BCUT2D eigenvalue weighted by Crippen LogP contribution is 2.22. The van der Waals surface area contributed by atoms with Gasteiger partial charge in [-0.25, -0.2) is 0 Å². The van der Waals surface area contributed by atoms with Crippen molar-refractivity contribution in [1.29, 1.82) is 0 Å². The van der Waals surface area contributed by atoms with Gasteiger partial charge >= 0.3 is 0 Å². The molecular weight excluding hydrogens is 368 g/mol. The molecule has 128 valence electrons. The molecule has 2 aromatic rings. The third-order valence-corrected chi connectivity index (χ3v) is 5.38. The highest BCUT2D eigenvalue weighted by Gasteiger charge is 2.18. The molecule has 24 heavy (non-hydrogen) atoms. The molecule has 1 amide bonds. The molecule has 0 aliphatic carbocycles. The van der Waals surface area contributed by atoms with Gasteiger partial charge < -0.3 is 5.32 Å². The highest BCUT2D eigenvalue weighted by molar-refractivity contribution is 9.10. The normalized spacial score (nSPS) is 15.5. The van der Waals surface area contributed by atoms with E-state index in [0.717, 1.165) is 22.4 Å². The van der Waals surface area contributed by atoms with Gasteiger partial charge in [0.2, 0.25) is 0 Å². The molecule has 0 atom stereocenters. The molecule has 0 saturated carbocycles. The maximum Gasteiger partial charge on any atom is 0.275 e. The van der Waals surface area contributed by atoms with Gasteiger partial charge in [0.1, 0.15) is 5.69 Å². The Bertz CT molecular complexity index is 717. The van der Waals surface area contributed by atoms with Gasteiger partial charge in [0.05, 0.1) is 10.2 Å². The molecule has 0 bridgehead atoms. The highest BCUT2D eigenvalue weighted by atomic mass is 79.9. The summed E-state index contributed by atoms with van der Waals surface area (Å²) in [6, 6.07) is 8.12. The third kappa shape index (κ3) is 3.87. The number of carbonyl (C=O) groups is 1. The molecule has 1 N–H and O–H groups in total. The number of nitrogens with one attached hydrogen (secondary N) is 1. The van der Waals surface area contributed by atoms with Gasteiger partial charge in [-0.3, -0.25) is 14.4 Å². The predicted molar refractivity (Wildman–Crippen MR) is 99.2 cm³/mol. The number of nitrogens with zero attached hydrogens (tertiary/aromatic N) is 3. The van der Waals surface area contributed by atoms with Crippen LogP contribution in [0.1, 0.15) is 41.0 Å². The van der Waals surface area contributed by atoms with Gasteiger partial charge in [-0.2, -0.15) is 5.10 Å². The van der Waals surface area contributed by atoms with Crippen LogP contribution in [0.15, 0.2) is 28.7 Å². The summed E-state index contributed by atoms with van der Waals surface area (Å²) in [6.07, 6.45) is 3.95. The van der Waals surface area contributed by atoms with Crippen LogP contribution in [-0.2, 0) is 13.6 Å². The maximum absolute atomic E-state index is 12.5. The lowest BCUT2D eigenvalue weighted by Gasteiger charge is -2.26. The van der Waals surface area contributed by atoms with Crippen LogP contribution in [0.2, 0.25) is 0 Å². The summed E-state index contributed by atoms with van der Waals surface area (Å²) in [7, 11) is 1.77. The van der Waals surface area contributed by atoms with E-state index in [1.54, 1.807) is 11.7 Å². The Morgan fingerprint density at radius 2 is 1.88 bits per heavy atom. The number of hydrogen-bond acceptors (Lipinski definition) is 3. The van der Waals surface area contributed by atoms with Crippen LogP contribution in [0.4, 0.5) is 5.69 Å². The van der Waals surface area contributed by atoms with Crippen molar-refractivity contribution in [2.45, 2.75) is 32.7 Å². The largest absolute Gasteiger partial charge is 0.321 e. The van der Waals surface area contributed by atoms with Crippen molar-refractivity contribution < 1.29 is 4.79 Å². The van der Waals surface area contributed by atoms with E-state index in [9.17, 15) is 4.79 Å². The van der Waals surface area contributed by atoms with E-state index < -0.39 is 0 Å². The molecule has 1 saturated heterocycles. The van der Waals surface area contributed by atoms with E-state index in [1.165, 1.54) is 37.9 Å². The molecule has 1 aliphatic rings. The Morgan fingerprint density at radius 3 is 2.46 bits per heavy atom. The van der Waals surface area contributed by atoms with Gasteiger partial charge in [0, 0.05) is 19.3 Å². The molecule has 6 heteroatoms. The van der Waals surface area contributed by atoms with Crippen molar-refractivity contribution in [3.63, 3.8) is 0 Å². The van der Waals surface area contributed by atoms with Crippen molar-refractivity contribution in [1.82, 2.24) is 14.7 Å². The van der Waals surface area contributed by atoms with Crippen LogP contribution in [0.3, 0.4) is 0 Å². The van der Waals surface area contributed by atoms with Gasteiger partial charge in [-0.15, -0.1) is 0 Å². The van der Waals surface area contributed by atoms with Crippen molar-refractivity contribution >= 4 is 27.5 Å². The summed E-state index contributed by atoms with van der Waals surface area (Å²) in [5, 5.41) is 7.20. The first-order valence-corrected chi connectivity index (χ1v) is 9.15. The molecule has 1 aliphatic heterocycles. The first-order chi connectivity index (χ1) is 11.5. The van der Waals surface area contributed by atoms with E-state index in [0.29, 0.717) is 5.69 Å². The number of rotatable bonds is 4. The first-order valence-electron chi connectivity index (χ1n) is 8.36. The van der Waals surface area contributed by atoms with E-state index in [2.05, 4.69) is 43.4 Å². The predicted octanol–water partition coefficient (Wildman–Crippen LogP) is 3.73. The summed E-state index contributed by atoms with van der Waals surface area (Å²) in [4.78, 5) is 15.0. The fourth-order valence-electron chi connectivity index (χ4n) is 3.14. The molecule has 2 heterocycles. The summed E-state index contributed by atoms with van der Waals surface area (Å²) >= 11 is 3.43. The standard InChI is InChI=1S/C18H23BrN4O/c1-13-16(19)17(22(2)21-13)18(24)20-15-8-6-14(7-9-15)12-23-10-4-3-5-11-23/h6-9H,3-5,10-12H2,1-2H3,(H,20,24). The molecule has 1 fully saturated rings. The maximum atomic E-state index is 12.5. The molecule has 0 radical (unpaired) electrons. The Balaban J connectivity index is 1.64. The Labute approximate surface area is 151 Å². The number of carbonyl (C=O) groups excluding carboxylic acids is 1. The number of benzene rings is 1. The molecule has 0 spiro atoms. The Morgan fingerprint density at radius 1 is 1.21 bits per heavy atom. The van der Waals surface area contributed by atoms with E-state index >= 15 is 0 Å². The van der Waals surface area contributed by atoms with Crippen LogP contribution in [-0.4, -0.2) is 33.7 Å². The zero-order valence-electron chi connectivity index (χ0n) is 14.2. The van der Waals surface area contributed by atoms with Crippen LogP contribution in [0.25, 0.3) is 0 Å². The van der Waals surface area contributed by atoms with Crippen molar-refractivity contribution in [2.75, 3.05) is 18.4 Å². The second kappa shape index (κ2) is 7.49. The second-order valence-corrected chi connectivity index (χ2v) is 7.15. The summed E-state index contributed by atoms with van der Waals surface area (Å²) < 4.78 is 2.34. The lowest BCUT2D eigenvalue weighted by atomic mass is 10.1. The van der Waals surface area contributed by atoms with Crippen molar-refractivity contribution in [3.05, 3.63) is 45.7 Å². The monoisotopic (exact) mass is 390 g/mol. The Kier molecular flexibility index (Phi) is 5.36. The summed E-state index contributed by atoms with van der Waals surface area (Å²) in [5.41, 5.74) is 3.42. The van der Waals surface area contributed by atoms with E-state index in [1.807, 2.05) is 19.1 Å². The average molecular weight is 391 g/mol. The van der Waals surface area contributed by atoms with Gasteiger partial charge in [-0.05, 0) is 66.5 Å². The Hall–Kier alpha value is -1.66. The topological polar surface area (TPSA) is 50.2 Å². The van der Waals surface area contributed by atoms with Gasteiger partial charge in [-0.1, -0.05) is 18.6 Å². The fraction of sp³-hybridized carbons (Fsp3) is 0.444. The summed E-state index contributed by atoms with van der Waals surface area (Å²) in [6.45, 7) is 5.23. The quantitative estimate of drug-likeness (QED) is 0.864. The van der Waals surface area contributed by atoms with Gasteiger partial charge in [0.25, 0.3) is 5.91 Å².